The minimum absolute atomic E-state index is 0.198. The van der Waals surface area contributed by atoms with E-state index in [0.29, 0.717) is 6.54 Å². The van der Waals surface area contributed by atoms with Gasteiger partial charge in [-0.15, -0.1) is 0 Å². The van der Waals surface area contributed by atoms with Crippen molar-refractivity contribution < 1.29 is 18.1 Å². The number of nitro groups is 1. The van der Waals surface area contributed by atoms with Crippen molar-refractivity contribution in [1.82, 2.24) is 4.90 Å². The van der Waals surface area contributed by atoms with Gasteiger partial charge in [0.25, 0.3) is 0 Å². The maximum atomic E-state index is 11.8. The third kappa shape index (κ3) is 5.38. The average molecular weight is 371 g/mol. The summed E-state index contributed by atoms with van der Waals surface area (Å²) in [6.45, 7) is 7.20. The minimum atomic E-state index is -3.66. The van der Waals surface area contributed by atoms with E-state index in [-0.39, 0.29) is 22.8 Å². The molecule has 0 saturated carbocycles. The van der Waals surface area contributed by atoms with Crippen molar-refractivity contribution in [3.8, 4) is 0 Å². The van der Waals surface area contributed by atoms with Crippen LogP contribution in [0.5, 0.6) is 0 Å². The molecule has 1 aliphatic rings. The number of para-hydroxylation sites is 1. The molecule has 140 valence electrons. The van der Waals surface area contributed by atoms with Crippen LogP contribution in [0.1, 0.15) is 20.3 Å². The summed E-state index contributed by atoms with van der Waals surface area (Å²) in [5.41, 5.74) is -0.157. The van der Waals surface area contributed by atoms with Gasteiger partial charge in [-0.05, 0) is 32.4 Å². The van der Waals surface area contributed by atoms with Gasteiger partial charge < -0.3 is 10.1 Å². The Morgan fingerprint density at radius 1 is 1.32 bits per heavy atom. The molecule has 1 heterocycles. The molecule has 1 saturated heterocycles. The zero-order valence-electron chi connectivity index (χ0n) is 14.8. The standard InChI is InChI=1S/C16H25N3O5S/c1-12-10-18(11-13(2)24-12)9-5-8-17-14-6-4-7-15(25(3,22)23)16(14)19(20)21/h4,6-7,12-13,17H,5,8-11H2,1-3H3. The number of sulfone groups is 1. The summed E-state index contributed by atoms with van der Waals surface area (Å²) in [6, 6.07) is 4.30. The fraction of sp³-hybridized carbons (Fsp3) is 0.625. The highest BCUT2D eigenvalue weighted by Gasteiger charge is 2.26. The van der Waals surface area contributed by atoms with E-state index in [1.54, 1.807) is 0 Å². The van der Waals surface area contributed by atoms with Gasteiger partial charge in [-0.25, -0.2) is 8.42 Å². The van der Waals surface area contributed by atoms with Gasteiger partial charge >= 0.3 is 5.69 Å². The molecule has 8 nitrogen and oxygen atoms in total. The monoisotopic (exact) mass is 371 g/mol. The molecule has 0 radical (unpaired) electrons. The highest BCUT2D eigenvalue weighted by molar-refractivity contribution is 7.90. The molecular formula is C16H25N3O5S. The largest absolute Gasteiger partial charge is 0.379 e. The summed E-state index contributed by atoms with van der Waals surface area (Å²) in [5, 5.41) is 14.3. The molecule has 9 heteroatoms. The van der Waals surface area contributed by atoms with Crippen LogP contribution in [-0.4, -0.2) is 62.9 Å². The van der Waals surface area contributed by atoms with Crippen molar-refractivity contribution in [1.29, 1.82) is 0 Å². The molecule has 0 bridgehead atoms. The number of hydrogen-bond donors (Lipinski definition) is 1. The van der Waals surface area contributed by atoms with E-state index in [9.17, 15) is 18.5 Å². The highest BCUT2D eigenvalue weighted by Crippen LogP contribution is 2.31. The Balaban J connectivity index is 1.98. The molecule has 0 aromatic heterocycles. The molecule has 1 aromatic carbocycles. The second-order valence-electron chi connectivity index (χ2n) is 6.48. The fourth-order valence-corrected chi connectivity index (χ4v) is 4.01. The summed E-state index contributed by atoms with van der Waals surface area (Å²) in [7, 11) is -3.66. The first-order valence-corrected chi connectivity index (χ1v) is 10.2. The molecule has 25 heavy (non-hydrogen) atoms. The Kier molecular flexibility index (Phi) is 6.36. The molecular weight excluding hydrogens is 346 g/mol. The van der Waals surface area contributed by atoms with E-state index in [1.165, 1.54) is 18.2 Å². The molecule has 1 N–H and O–H groups in total. The van der Waals surface area contributed by atoms with E-state index < -0.39 is 20.4 Å². The lowest BCUT2D eigenvalue weighted by Gasteiger charge is -2.35. The van der Waals surface area contributed by atoms with Gasteiger partial charge in [0.15, 0.2) is 9.84 Å². The predicted molar refractivity (Wildman–Crippen MR) is 95.8 cm³/mol. The lowest BCUT2D eigenvalue weighted by atomic mass is 10.2. The van der Waals surface area contributed by atoms with Crippen LogP contribution in [0.15, 0.2) is 23.1 Å². The second kappa shape index (κ2) is 8.11. The zero-order chi connectivity index (χ0) is 18.6. The lowest BCUT2D eigenvalue weighted by molar-refractivity contribution is -0.386. The smallest absolute Gasteiger partial charge is 0.310 e. The summed E-state index contributed by atoms with van der Waals surface area (Å²) in [4.78, 5) is 12.7. The first-order valence-electron chi connectivity index (χ1n) is 8.27. The average Bonchev–Trinajstić information content (AvgIpc) is 2.49. The van der Waals surface area contributed by atoms with Crippen LogP contribution in [-0.2, 0) is 14.6 Å². The first kappa shape index (κ1) is 19.6. The Labute approximate surface area is 148 Å². The number of nitrogens with zero attached hydrogens (tertiary/aromatic N) is 2. The van der Waals surface area contributed by atoms with Gasteiger partial charge in [-0.1, -0.05) is 6.07 Å². The predicted octanol–water partition coefficient (Wildman–Crippen LogP) is 1.91. The number of anilines is 1. The first-order chi connectivity index (χ1) is 11.7. The molecule has 1 aromatic rings. The van der Waals surface area contributed by atoms with Gasteiger partial charge in [-0.2, -0.15) is 0 Å². The molecule has 1 aliphatic heterocycles. The Bertz CT molecular complexity index is 712. The molecule has 2 rings (SSSR count). The van der Waals surface area contributed by atoms with E-state index in [1.807, 2.05) is 13.8 Å². The Morgan fingerprint density at radius 3 is 2.52 bits per heavy atom. The van der Waals surface area contributed by atoms with Gasteiger partial charge in [-0.3, -0.25) is 15.0 Å². The quantitative estimate of drug-likeness (QED) is 0.444. The molecule has 1 fully saturated rings. The molecule has 0 aliphatic carbocycles. The molecule has 2 atom stereocenters. The van der Waals surface area contributed by atoms with Crippen LogP contribution >= 0.6 is 0 Å². The Morgan fingerprint density at radius 2 is 1.96 bits per heavy atom. The van der Waals surface area contributed by atoms with Crippen LogP contribution in [0, 0.1) is 10.1 Å². The van der Waals surface area contributed by atoms with E-state index in [4.69, 9.17) is 4.74 Å². The van der Waals surface area contributed by atoms with Crippen molar-refractivity contribution in [3.63, 3.8) is 0 Å². The number of morpholine rings is 1. The van der Waals surface area contributed by atoms with Crippen LogP contribution in [0.3, 0.4) is 0 Å². The van der Waals surface area contributed by atoms with Crippen molar-refractivity contribution in [3.05, 3.63) is 28.3 Å². The molecule has 0 amide bonds. The number of nitrogens with one attached hydrogen (secondary N) is 1. The van der Waals surface area contributed by atoms with Crippen LogP contribution in [0.25, 0.3) is 0 Å². The Hall–Kier alpha value is -1.71. The van der Waals surface area contributed by atoms with Gasteiger partial charge in [0.05, 0.1) is 17.1 Å². The van der Waals surface area contributed by atoms with E-state index in [0.717, 1.165) is 32.3 Å². The fourth-order valence-electron chi connectivity index (χ4n) is 3.15. The van der Waals surface area contributed by atoms with Gasteiger partial charge in [0, 0.05) is 32.4 Å². The van der Waals surface area contributed by atoms with Crippen molar-refractivity contribution in [2.45, 2.75) is 37.4 Å². The SMILES string of the molecule is CC1CN(CCCNc2cccc(S(C)(=O)=O)c2[N+](=O)[O-])CC(C)O1. The number of nitro benzene ring substituents is 1. The second-order valence-corrected chi connectivity index (χ2v) is 8.46. The van der Waals surface area contributed by atoms with Crippen LogP contribution in [0.4, 0.5) is 11.4 Å². The summed E-state index contributed by atoms with van der Waals surface area (Å²) in [5.74, 6) is 0. The normalized spacial score (nSPS) is 21.9. The van der Waals surface area contributed by atoms with Crippen molar-refractivity contribution in [2.75, 3.05) is 37.8 Å². The summed E-state index contributed by atoms with van der Waals surface area (Å²) >= 11 is 0. The van der Waals surface area contributed by atoms with Crippen LogP contribution < -0.4 is 5.32 Å². The number of benzene rings is 1. The topological polar surface area (TPSA) is 102 Å². The van der Waals surface area contributed by atoms with Gasteiger partial charge in [0.1, 0.15) is 10.6 Å². The highest BCUT2D eigenvalue weighted by atomic mass is 32.2. The summed E-state index contributed by atoms with van der Waals surface area (Å²) < 4.78 is 29.2. The minimum Gasteiger partial charge on any atom is -0.379 e. The van der Waals surface area contributed by atoms with Crippen molar-refractivity contribution in [2.24, 2.45) is 0 Å². The van der Waals surface area contributed by atoms with Crippen LogP contribution in [0.2, 0.25) is 0 Å². The zero-order valence-corrected chi connectivity index (χ0v) is 15.6. The van der Waals surface area contributed by atoms with E-state index in [2.05, 4.69) is 10.2 Å². The van der Waals surface area contributed by atoms with Gasteiger partial charge in [0.2, 0.25) is 0 Å². The summed E-state index contributed by atoms with van der Waals surface area (Å²) in [6.07, 6.45) is 2.16. The maximum Gasteiger partial charge on any atom is 0.310 e. The number of rotatable bonds is 7. The van der Waals surface area contributed by atoms with Crippen molar-refractivity contribution >= 4 is 21.2 Å². The lowest BCUT2D eigenvalue weighted by Crippen LogP contribution is -2.45. The molecule has 2 unspecified atom stereocenters. The number of hydrogen-bond acceptors (Lipinski definition) is 7. The molecule has 0 spiro atoms. The number of ether oxygens (including phenoxy) is 1. The van der Waals surface area contributed by atoms with E-state index >= 15 is 0 Å². The maximum absolute atomic E-state index is 11.8. The third-order valence-electron chi connectivity index (χ3n) is 4.04. The third-order valence-corrected chi connectivity index (χ3v) is 5.17.